The van der Waals surface area contributed by atoms with E-state index in [1.807, 2.05) is 50.2 Å². The Morgan fingerprint density at radius 2 is 1.59 bits per heavy atom. The normalized spacial score (nSPS) is 14.1. The molecule has 5 amide bonds. The zero-order valence-electron chi connectivity index (χ0n) is 22.2. The molecule has 1 atom stereocenters. The van der Waals surface area contributed by atoms with Crippen molar-refractivity contribution in [2.45, 2.75) is 39.5 Å². The summed E-state index contributed by atoms with van der Waals surface area (Å²) in [4.78, 5) is 51.8. The summed E-state index contributed by atoms with van der Waals surface area (Å²) in [7, 11) is 0. The van der Waals surface area contributed by atoms with Gasteiger partial charge in [-0.05, 0) is 35.6 Å². The van der Waals surface area contributed by atoms with Crippen molar-refractivity contribution in [3.8, 4) is 0 Å². The number of benzene rings is 2. The van der Waals surface area contributed by atoms with Gasteiger partial charge in [0.15, 0.2) is 0 Å². The zero-order chi connectivity index (χ0) is 28.0. The molecule has 2 aromatic rings. The first-order chi connectivity index (χ1) is 18.8. The van der Waals surface area contributed by atoms with E-state index < -0.39 is 30.0 Å². The molecular formula is C27H36N6O6. The van der Waals surface area contributed by atoms with Crippen molar-refractivity contribution in [1.82, 2.24) is 31.9 Å². The van der Waals surface area contributed by atoms with E-state index >= 15 is 0 Å². The van der Waals surface area contributed by atoms with Gasteiger partial charge in [-0.3, -0.25) is 25.3 Å². The molecular weight excluding hydrogens is 504 g/mol. The Hall–Kier alpha value is -4.16. The maximum absolute atomic E-state index is 12.6. The van der Waals surface area contributed by atoms with Crippen LogP contribution < -0.4 is 27.0 Å². The number of ether oxygens (including phenoxy) is 2. The van der Waals surface area contributed by atoms with E-state index in [0.29, 0.717) is 31.7 Å². The Kier molecular flexibility index (Phi) is 11.5. The fraction of sp³-hybridized carbons (Fsp3) is 0.407. The molecule has 12 nitrogen and oxygen atoms in total. The number of morpholine rings is 1. The summed E-state index contributed by atoms with van der Waals surface area (Å²) in [5.41, 5.74) is 11.1. The third-order valence-corrected chi connectivity index (χ3v) is 5.82. The molecule has 1 aliphatic heterocycles. The van der Waals surface area contributed by atoms with Gasteiger partial charge in [0.1, 0.15) is 12.6 Å². The van der Waals surface area contributed by atoms with Crippen LogP contribution in [0.5, 0.6) is 0 Å². The molecule has 0 unspecified atom stereocenters. The highest BCUT2D eigenvalue weighted by Crippen LogP contribution is 2.10. The van der Waals surface area contributed by atoms with Gasteiger partial charge in [0.2, 0.25) is 0 Å². The monoisotopic (exact) mass is 540 g/mol. The SMILES string of the molecule is CC(C)C[C@H](NC(=O)OCc1ccccc1)C(=O)NNC(=O)NNC(=O)c1cccc(CN2CCOCC2)c1. The first-order valence-corrected chi connectivity index (χ1v) is 12.8. The van der Waals surface area contributed by atoms with Crippen LogP contribution in [0.25, 0.3) is 0 Å². The van der Waals surface area contributed by atoms with E-state index in [1.54, 1.807) is 18.2 Å². The number of nitrogens with one attached hydrogen (secondary N) is 5. The van der Waals surface area contributed by atoms with Crippen molar-refractivity contribution in [2.24, 2.45) is 5.92 Å². The third kappa shape index (κ3) is 10.6. The van der Waals surface area contributed by atoms with E-state index in [0.717, 1.165) is 24.2 Å². The molecule has 3 rings (SSSR count). The van der Waals surface area contributed by atoms with E-state index in [-0.39, 0.29) is 12.5 Å². The first-order valence-electron chi connectivity index (χ1n) is 12.8. The van der Waals surface area contributed by atoms with Gasteiger partial charge < -0.3 is 14.8 Å². The summed E-state index contributed by atoms with van der Waals surface area (Å²) in [6.45, 7) is 7.55. The third-order valence-electron chi connectivity index (χ3n) is 5.82. The van der Waals surface area contributed by atoms with Crippen molar-refractivity contribution in [3.05, 3.63) is 71.3 Å². The zero-order valence-corrected chi connectivity index (χ0v) is 22.2. The van der Waals surface area contributed by atoms with Crippen molar-refractivity contribution in [1.29, 1.82) is 0 Å². The Morgan fingerprint density at radius 1 is 0.897 bits per heavy atom. The van der Waals surface area contributed by atoms with E-state index in [1.165, 1.54) is 0 Å². The molecule has 39 heavy (non-hydrogen) atoms. The highest BCUT2D eigenvalue weighted by Gasteiger charge is 2.23. The molecule has 1 saturated heterocycles. The predicted molar refractivity (Wildman–Crippen MR) is 143 cm³/mol. The van der Waals surface area contributed by atoms with Crippen LogP contribution in [0.15, 0.2) is 54.6 Å². The lowest BCUT2D eigenvalue weighted by Gasteiger charge is -2.26. The summed E-state index contributed by atoms with van der Waals surface area (Å²) >= 11 is 0. The first kappa shape index (κ1) is 29.4. The largest absolute Gasteiger partial charge is 0.445 e. The predicted octanol–water partition coefficient (Wildman–Crippen LogP) is 1.84. The molecule has 1 heterocycles. The summed E-state index contributed by atoms with van der Waals surface area (Å²) in [6.07, 6.45) is -0.445. The fourth-order valence-corrected chi connectivity index (χ4v) is 3.86. The number of amides is 5. The molecule has 1 aliphatic rings. The number of nitrogens with zero attached hydrogens (tertiary/aromatic N) is 1. The van der Waals surface area contributed by atoms with Crippen molar-refractivity contribution < 1.29 is 28.7 Å². The van der Waals surface area contributed by atoms with E-state index in [9.17, 15) is 19.2 Å². The average molecular weight is 541 g/mol. The molecule has 1 fully saturated rings. The van der Waals surface area contributed by atoms with Crippen molar-refractivity contribution >= 4 is 23.9 Å². The molecule has 0 aliphatic carbocycles. The van der Waals surface area contributed by atoms with Crippen LogP contribution >= 0.6 is 0 Å². The Morgan fingerprint density at radius 3 is 2.31 bits per heavy atom. The number of hydrogen-bond acceptors (Lipinski definition) is 7. The summed E-state index contributed by atoms with van der Waals surface area (Å²) in [5.74, 6) is -1.08. The van der Waals surface area contributed by atoms with Crippen LogP contribution in [0, 0.1) is 5.92 Å². The van der Waals surface area contributed by atoms with Crippen LogP contribution in [0.2, 0.25) is 0 Å². The second-order valence-electron chi connectivity index (χ2n) is 9.50. The second kappa shape index (κ2) is 15.3. The minimum atomic E-state index is -0.947. The molecule has 12 heteroatoms. The average Bonchev–Trinajstić information content (AvgIpc) is 2.94. The highest BCUT2D eigenvalue weighted by atomic mass is 16.5. The lowest BCUT2D eigenvalue weighted by molar-refractivity contribution is -0.124. The lowest BCUT2D eigenvalue weighted by Crippen LogP contribution is -2.56. The number of rotatable bonds is 9. The van der Waals surface area contributed by atoms with Crippen LogP contribution in [-0.4, -0.2) is 61.2 Å². The number of hydrazine groups is 2. The number of carbonyl (C=O) groups is 4. The Labute approximate surface area is 227 Å². The van der Waals surface area contributed by atoms with Gasteiger partial charge in [-0.25, -0.2) is 20.4 Å². The number of carbonyl (C=O) groups excluding carboxylic acids is 4. The fourth-order valence-electron chi connectivity index (χ4n) is 3.86. The standard InChI is InChI=1S/C27H36N6O6/c1-19(2)15-23(28-27(37)39-18-20-7-4-3-5-8-20)25(35)30-32-26(36)31-29-24(34)22-10-6-9-21(16-22)17-33-11-13-38-14-12-33/h3-10,16,19,23H,11-15,17-18H2,1-2H3,(H,28,37)(H,29,34)(H,30,35)(H2,31,32,36)/t23-/m0/s1. The lowest BCUT2D eigenvalue weighted by atomic mass is 10.0. The Bertz CT molecular complexity index is 1110. The minimum Gasteiger partial charge on any atom is -0.445 e. The van der Waals surface area contributed by atoms with Crippen molar-refractivity contribution in [3.63, 3.8) is 0 Å². The number of hydrogen-bond donors (Lipinski definition) is 5. The molecule has 5 N–H and O–H groups in total. The van der Waals surface area contributed by atoms with Gasteiger partial charge in [0.05, 0.1) is 13.2 Å². The van der Waals surface area contributed by atoms with E-state index in [2.05, 4.69) is 31.9 Å². The quantitative estimate of drug-likeness (QED) is 0.305. The molecule has 210 valence electrons. The maximum Gasteiger partial charge on any atom is 0.408 e. The van der Waals surface area contributed by atoms with Crippen LogP contribution in [-0.2, 0) is 27.4 Å². The minimum absolute atomic E-state index is 0.0547. The molecule has 0 saturated carbocycles. The van der Waals surface area contributed by atoms with Gasteiger partial charge in [0, 0.05) is 25.2 Å². The summed E-state index contributed by atoms with van der Waals surface area (Å²) in [6, 6.07) is 14.4. The van der Waals surface area contributed by atoms with Crippen LogP contribution in [0.4, 0.5) is 9.59 Å². The van der Waals surface area contributed by atoms with Crippen LogP contribution in [0.1, 0.15) is 41.8 Å². The molecule has 2 aromatic carbocycles. The maximum atomic E-state index is 12.6. The number of urea groups is 1. The van der Waals surface area contributed by atoms with Gasteiger partial charge in [-0.15, -0.1) is 0 Å². The van der Waals surface area contributed by atoms with Crippen LogP contribution in [0.3, 0.4) is 0 Å². The molecule has 0 bridgehead atoms. The summed E-state index contributed by atoms with van der Waals surface area (Å²) in [5, 5.41) is 2.52. The highest BCUT2D eigenvalue weighted by molar-refractivity contribution is 5.95. The van der Waals surface area contributed by atoms with Gasteiger partial charge in [-0.1, -0.05) is 56.3 Å². The van der Waals surface area contributed by atoms with Gasteiger partial charge in [-0.2, -0.15) is 0 Å². The van der Waals surface area contributed by atoms with E-state index in [4.69, 9.17) is 9.47 Å². The number of alkyl carbamates (subject to hydrolysis) is 1. The van der Waals surface area contributed by atoms with Gasteiger partial charge in [0.25, 0.3) is 11.8 Å². The van der Waals surface area contributed by atoms with Crippen molar-refractivity contribution in [2.75, 3.05) is 26.3 Å². The van der Waals surface area contributed by atoms with Gasteiger partial charge >= 0.3 is 12.1 Å². The molecule has 0 aromatic heterocycles. The smallest absolute Gasteiger partial charge is 0.408 e. The molecule has 0 spiro atoms. The molecule has 0 radical (unpaired) electrons. The Balaban J connectivity index is 1.42. The summed E-state index contributed by atoms with van der Waals surface area (Å²) < 4.78 is 10.5. The topological polar surface area (TPSA) is 150 Å². The second-order valence-corrected chi connectivity index (χ2v) is 9.50.